The van der Waals surface area contributed by atoms with Gasteiger partial charge in [-0.15, -0.1) is 0 Å². The largest absolute Gasteiger partial charge is 0.394 e. The van der Waals surface area contributed by atoms with Gasteiger partial charge in [0.2, 0.25) is 11.8 Å². The first-order valence-corrected chi connectivity index (χ1v) is 9.67. The van der Waals surface area contributed by atoms with Crippen LogP contribution in [0.5, 0.6) is 0 Å². The Labute approximate surface area is 150 Å². The fourth-order valence-electron chi connectivity index (χ4n) is 3.03. The highest BCUT2D eigenvalue weighted by Gasteiger charge is 2.37. The number of anilines is 1. The molecule has 25 heavy (non-hydrogen) atoms. The maximum absolute atomic E-state index is 12.5. The SMILES string of the molecule is CSCC[C@H](CO)NC(=O)[C@@H]1CC(=O)N(c2n[nH]c3ccccc23)C1. The van der Waals surface area contributed by atoms with E-state index in [1.54, 1.807) is 16.7 Å². The zero-order valence-electron chi connectivity index (χ0n) is 14.1. The lowest BCUT2D eigenvalue weighted by Gasteiger charge is -2.18. The summed E-state index contributed by atoms with van der Waals surface area (Å²) in [6.45, 7) is 0.209. The van der Waals surface area contributed by atoms with E-state index in [0.29, 0.717) is 18.8 Å². The molecule has 0 bridgehead atoms. The Morgan fingerprint density at radius 1 is 1.52 bits per heavy atom. The summed E-state index contributed by atoms with van der Waals surface area (Å²) in [5.41, 5.74) is 0.857. The summed E-state index contributed by atoms with van der Waals surface area (Å²) in [6, 6.07) is 7.32. The Hall–Kier alpha value is -2.06. The number of carbonyl (C=O) groups excluding carboxylic acids is 2. The topological polar surface area (TPSA) is 98.3 Å². The maximum atomic E-state index is 12.5. The van der Waals surface area contributed by atoms with Crippen LogP contribution in [-0.2, 0) is 9.59 Å². The number of aromatic nitrogens is 2. The third-order valence-electron chi connectivity index (χ3n) is 4.44. The van der Waals surface area contributed by atoms with Crippen molar-refractivity contribution in [2.45, 2.75) is 18.9 Å². The van der Waals surface area contributed by atoms with Crippen molar-refractivity contribution in [2.75, 3.05) is 30.1 Å². The fraction of sp³-hybridized carbons (Fsp3) is 0.471. The molecule has 7 nitrogen and oxygen atoms in total. The zero-order chi connectivity index (χ0) is 17.8. The highest BCUT2D eigenvalue weighted by molar-refractivity contribution is 7.98. The molecule has 2 aromatic rings. The van der Waals surface area contributed by atoms with Crippen LogP contribution in [0, 0.1) is 5.92 Å². The van der Waals surface area contributed by atoms with E-state index in [1.807, 2.05) is 30.5 Å². The number of aromatic amines is 1. The molecule has 2 heterocycles. The number of rotatable bonds is 7. The molecule has 0 unspecified atom stereocenters. The molecule has 8 heteroatoms. The molecule has 0 aliphatic carbocycles. The van der Waals surface area contributed by atoms with Crippen molar-refractivity contribution in [3.8, 4) is 0 Å². The van der Waals surface area contributed by atoms with Crippen LogP contribution in [0.3, 0.4) is 0 Å². The van der Waals surface area contributed by atoms with Crippen molar-refractivity contribution >= 4 is 40.3 Å². The molecule has 1 aromatic heterocycles. The summed E-state index contributed by atoms with van der Waals surface area (Å²) < 4.78 is 0. The summed E-state index contributed by atoms with van der Waals surface area (Å²) in [7, 11) is 0. The van der Waals surface area contributed by atoms with Gasteiger partial charge in [0, 0.05) is 18.4 Å². The predicted molar refractivity (Wildman–Crippen MR) is 98.6 cm³/mol. The van der Waals surface area contributed by atoms with Crippen LogP contribution in [0.1, 0.15) is 12.8 Å². The second-order valence-corrected chi connectivity index (χ2v) is 7.15. The Kier molecular flexibility index (Phi) is 5.60. The van der Waals surface area contributed by atoms with Gasteiger partial charge in [-0.2, -0.15) is 16.9 Å². The van der Waals surface area contributed by atoms with Crippen LogP contribution in [0.25, 0.3) is 10.9 Å². The lowest BCUT2D eigenvalue weighted by Crippen LogP contribution is -2.42. The third-order valence-corrected chi connectivity index (χ3v) is 5.08. The van der Waals surface area contributed by atoms with Crippen molar-refractivity contribution in [1.29, 1.82) is 0 Å². The number of carbonyl (C=O) groups is 2. The average Bonchev–Trinajstić information content (AvgIpc) is 3.21. The molecule has 2 atom stereocenters. The molecule has 1 aliphatic rings. The van der Waals surface area contributed by atoms with Crippen LogP contribution in [0.4, 0.5) is 5.82 Å². The van der Waals surface area contributed by atoms with Crippen molar-refractivity contribution in [3.05, 3.63) is 24.3 Å². The quantitative estimate of drug-likeness (QED) is 0.686. The van der Waals surface area contributed by atoms with Gasteiger partial charge < -0.3 is 10.4 Å². The number of thioether (sulfide) groups is 1. The highest BCUT2D eigenvalue weighted by Crippen LogP contribution is 2.29. The van der Waals surface area contributed by atoms with Crippen LogP contribution in [0.2, 0.25) is 0 Å². The molecule has 1 saturated heterocycles. The van der Waals surface area contributed by atoms with E-state index in [-0.39, 0.29) is 30.9 Å². The van der Waals surface area contributed by atoms with E-state index in [4.69, 9.17) is 0 Å². The minimum Gasteiger partial charge on any atom is -0.394 e. The molecule has 1 aliphatic heterocycles. The van der Waals surface area contributed by atoms with E-state index >= 15 is 0 Å². The van der Waals surface area contributed by atoms with Gasteiger partial charge in [0.15, 0.2) is 5.82 Å². The molecule has 3 N–H and O–H groups in total. The van der Waals surface area contributed by atoms with Crippen LogP contribution >= 0.6 is 11.8 Å². The number of hydrogen-bond donors (Lipinski definition) is 3. The summed E-state index contributed by atoms with van der Waals surface area (Å²) in [5.74, 6) is 0.710. The van der Waals surface area contributed by atoms with Gasteiger partial charge in [0.1, 0.15) is 0 Å². The number of para-hydroxylation sites is 1. The molecular formula is C17H22N4O3S. The van der Waals surface area contributed by atoms with E-state index in [1.165, 1.54) is 0 Å². The number of hydrogen-bond acceptors (Lipinski definition) is 5. The van der Waals surface area contributed by atoms with Gasteiger partial charge in [-0.1, -0.05) is 12.1 Å². The first-order valence-electron chi connectivity index (χ1n) is 8.27. The third kappa shape index (κ3) is 3.80. The van der Waals surface area contributed by atoms with E-state index in [0.717, 1.165) is 16.7 Å². The number of aliphatic hydroxyl groups is 1. The number of nitrogens with zero attached hydrogens (tertiary/aromatic N) is 2. The first-order chi connectivity index (χ1) is 12.1. The van der Waals surface area contributed by atoms with E-state index < -0.39 is 5.92 Å². The number of aliphatic hydroxyl groups excluding tert-OH is 1. The van der Waals surface area contributed by atoms with Gasteiger partial charge in [-0.25, -0.2) is 0 Å². The monoisotopic (exact) mass is 362 g/mol. The molecule has 3 rings (SSSR count). The Morgan fingerprint density at radius 3 is 3.08 bits per heavy atom. The van der Waals surface area contributed by atoms with Crippen molar-refractivity contribution < 1.29 is 14.7 Å². The zero-order valence-corrected chi connectivity index (χ0v) is 14.9. The molecular weight excluding hydrogens is 340 g/mol. The Balaban J connectivity index is 1.68. The normalized spacial score (nSPS) is 18.7. The summed E-state index contributed by atoms with van der Waals surface area (Å²) in [5, 5.41) is 20.3. The maximum Gasteiger partial charge on any atom is 0.229 e. The second kappa shape index (κ2) is 7.88. The van der Waals surface area contributed by atoms with Gasteiger partial charge >= 0.3 is 0 Å². The molecule has 1 aromatic carbocycles. The minimum atomic E-state index is -0.425. The highest BCUT2D eigenvalue weighted by atomic mass is 32.2. The average molecular weight is 362 g/mol. The minimum absolute atomic E-state index is 0.0965. The van der Waals surface area contributed by atoms with Crippen LogP contribution in [0.15, 0.2) is 24.3 Å². The molecule has 0 spiro atoms. The smallest absolute Gasteiger partial charge is 0.229 e. The standard InChI is InChI=1S/C17H22N4O3S/c1-25-7-6-12(10-22)18-17(24)11-8-15(23)21(9-11)16-13-4-2-3-5-14(13)19-20-16/h2-5,11-12,22H,6-10H2,1H3,(H,18,24)(H,19,20)/t11-,12-/m1/s1. The van der Waals surface area contributed by atoms with Gasteiger partial charge in [-0.05, 0) is 30.6 Å². The number of fused-ring (bicyclic) bond motifs is 1. The van der Waals surface area contributed by atoms with E-state index in [2.05, 4.69) is 15.5 Å². The molecule has 1 fully saturated rings. The fourth-order valence-corrected chi connectivity index (χ4v) is 3.55. The van der Waals surface area contributed by atoms with Crippen molar-refractivity contribution in [1.82, 2.24) is 15.5 Å². The summed E-state index contributed by atoms with van der Waals surface area (Å²) in [4.78, 5) is 26.4. The lowest BCUT2D eigenvalue weighted by atomic mass is 10.1. The molecule has 2 amide bonds. The van der Waals surface area contributed by atoms with Crippen LogP contribution < -0.4 is 10.2 Å². The Morgan fingerprint density at radius 2 is 2.32 bits per heavy atom. The number of H-pyrrole nitrogens is 1. The van der Waals surface area contributed by atoms with Crippen molar-refractivity contribution in [3.63, 3.8) is 0 Å². The Bertz CT molecular complexity index is 763. The van der Waals surface area contributed by atoms with Gasteiger partial charge in [-0.3, -0.25) is 19.6 Å². The van der Waals surface area contributed by atoms with Gasteiger partial charge in [0.05, 0.1) is 24.1 Å². The molecule has 134 valence electrons. The number of benzene rings is 1. The first kappa shape index (κ1) is 17.8. The predicted octanol–water partition coefficient (Wildman–Crippen LogP) is 1.15. The molecule has 0 saturated carbocycles. The van der Waals surface area contributed by atoms with E-state index in [9.17, 15) is 14.7 Å². The summed E-state index contributed by atoms with van der Waals surface area (Å²) >= 11 is 1.67. The number of amides is 2. The van der Waals surface area contributed by atoms with Gasteiger partial charge in [0.25, 0.3) is 0 Å². The van der Waals surface area contributed by atoms with Crippen LogP contribution in [-0.4, -0.2) is 58.3 Å². The van der Waals surface area contributed by atoms with Crippen molar-refractivity contribution in [2.24, 2.45) is 5.92 Å². The second-order valence-electron chi connectivity index (χ2n) is 6.17. The lowest BCUT2D eigenvalue weighted by molar-refractivity contribution is -0.127. The number of nitrogens with one attached hydrogen (secondary N) is 2. The summed E-state index contributed by atoms with van der Waals surface area (Å²) in [6.07, 6.45) is 2.85. The molecule has 0 radical (unpaired) electrons.